The van der Waals surface area contributed by atoms with Crippen molar-refractivity contribution in [3.8, 4) is 0 Å². The Bertz CT molecular complexity index is 1370. The Hall–Kier alpha value is -3.45. The van der Waals surface area contributed by atoms with Crippen molar-refractivity contribution in [1.82, 2.24) is 8.88 Å². The first-order chi connectivity index (χ1) is 15.1. The molecule has 1 atom stereocenters. The molecular weight excluding hydrogens is 412 g/mol. The number of nitrogens with zero attached hydrogens (tertiary/aromatic N) is 2. The summed E-state index contributed by atoms with van der Waals surface area (Å²) < 4.78 is 34.1. The van der Waals surface area contributed by atoms with Crippen molar-refractivity contribution in [3.05, 3.63) is 101 Å². The molecule has 7 heteroatoms. The average molecular weight is 434 g/mol. The third-order valence-corrected chi connectivity index (χ3v) is 7.46. The molecule has 3 aromatic carbocycles. The minimum atomic E-state index is -3.88. The Morgan fingerprint density at radius 1 is 0.935 bits per heavy atom. The van der Waals surface area contributed by atoms with Gasteiger partial charge in [0.15, 0.2) is 0 Å². The van der Waals surface area contributed by atoms with Crippen LogP contribution >= 0.6 is 0 Å². The van der Waals surface area contributed by atoms with Crippen molar-refractivity contribution in [2.75, 3.05) is 6.54 Å². The first-order valence-corrected chi connectivity index (χ1v) is 11.5. The van der Waals surface area contributed by atoms with Gasteiger partial charge < -0.3 is 4.74 Å². The molecule has 0 unspecified atom stereocenters. The lowest BCUT2D eigenvalue weighted by molar-refractivity contribution is 0.0921. The van der Waals surface area contributed by atoms with E-state index in [1.807, 2.05) is 48.5 Å². The van der Waals surface area contributed by atoms with Gasteiger partial charge in [-0.15, -0.1) is 0 Å². The topological polar surface area (TPSA) is 66.7 Å². The van der Waals surface area contributed by atoms with Crippen LogP contribution in [0.15, 0.2) is 89.8 Å². The lowest BCUT2D eigenvalue weighted by Gasteiger charge is -2.20. The number of rotatable bonds is 4. The van der Waals surface area contributed by atoms with E-state index in [-0.39, 0.29) is 11.5 Å². The summed E-state index contributed by atoms with van der Waals surface area (Å²) in [6.45, 7) is 0.541. The number of benzene rings is 3. The number of carbonyl (C=O) groups excluding carboxylic acids is 1. The molecule has 0 aliphatic carbocycles. The largest absolute Gasteiger partial charge is 0.444 e. The summed E-state index contributed by atoms with van der Waals surface area (Å²) in [7, 11) is -3.88. The van der Waals surface area contributed by atoms with E-state index >= 15 is 0 Å². The summed E-state index contributed by atoms with van der Waals surface area (Å²) in [6.07, 6.45) is -0.640. The standard InChI is InChI=1S/C24H21N2O4S/c27-24(30-17-18-9-3-1-4-10-18)25-16-15-21-20-13-7-8-14-22(20)26(23(21)25)31(28,29)19-11-5-2-6-12-19/h1-14,23H,15-17H2/q+1/t23-/m0/s1. The van der Waals surface area contributed by atoms with Crippen molar-refractivity contribution in [2.24, 2.45) is 0 Å². The smallest absolute Gasteiger partial charge is 0.415 e. The molecule has 1 fully saturated rings. The van der Waals surface area contributed by atoms with Crippen LogP contribution < -0.4 is 14.6 Å². The van der Waals surface area contributed by atoms with E-state index in [9.17, 15) is 13.2 Å². The molecule has 5 rings (SSSR count). The second-order valence-corrected chi connectivity index (χ2v) is 9.33. The van der Waals surface area contributed by atoms with E-state index in [1.165, 1.54) is 8.88 Å². The van der Waals surface area contributed by atoms with Gasteiger partial charge in [0.2, 0.25) is 5.36 Å². The number of fused-ring (bicyclic) bond motifs is 2. The Labute approximate surface area is 180 Å². The van der Waals surface area contributed by atoms with Crippen molar-refractivity contribution >= 4 is 21.7 Å². The van der Waals surface area contributed by atoms with Crippen molar-refractivity contribution in [2.45, 2.75) is 24.1 Å². The molecule has 6 nitrogen and oxygen atoms in total. The third-order valence-electron chi connectivity index (χ3n) is 5.68. The summed E-state index contributed by atoms with van der Waals surface area (Å²) in [5, 5.41) is 1.46. The van der Waals surface area contributed by atoms with Crippen molar-refractivity contribution in [1.29, 1.82) is 0 Å². The zero-order chi connectivity index (χ0) is 21.4. The van der Waals surface area contributed by atoms with Crippen LogP contribution in [0.1, 0.15) is 12.0 Å². The number of para-hydroxylation sites is 1. The Morgan fingerprint density at radius 2 is 1.58 bits per heavy atom. The van der Waals surface area contributed by atoms with Gasteiger partial charge in [-0.3, -0.25) is 0 Å². The number of sulfonamides is 1. The van der Waals surface area contributed by atoms with E-state index in [0.717, 1.165) is 16.4 Å². The van der Waals surface area contributed by atoms with Crippen LogP contribution in [0.3, 0.4) is 0 Å². The lowest BCUT2D eigenvalue weighted by Crippen LogP contribution is -2.50. The zero-order valence-electron chi connectivity index (χ0n) is 16.7. The monoisotopic (exact) mass is 433 g/mol. The van der Waals surface area contributed by atoms with E-state index in [0.29, 0.717) is 18.3 Å². The van der Waals surface area contributed by atoms with Gasteiger partial charge >= 0.3 is 16.1 Å². The Balaban J connectivity index is 1.55. The normalized spacial score (nSPS) is 17.4. The summed E-state index contributed by atoms with van der Waals surface area (Å²) in [5.74, 6) is 0. The third kappa shape index (κ3) is 3.31. The number of hydrogen-bond acceptors (Lipinski definition) is 4. The fourth-order valence-corrected chi connectivity index (χ4v) is 5.90. The van der Waals surface area contributed by atoms with Gasteiger partial charge in [-0.1, -0.05) is 64.6 Å². The summed E-state index contributed by atoms with van der Waals surface area (Å²) in [4.78, 5) is 14.7. The maximum absolute atomic E-state index is 13.6. The lowest BCUT2D eigenvalue weighted by atomic mass is 10.1. The number of ether oxygens (including phenoxy) is 1. The predicted molar refractivity (Wildman–Crippen MR) is 116 cm³/mol. The van der Waals surface area contributed by atoms with Crippen LogP contribution in [0, 0.1) is 0 Å². The molecule has 0 saturated carbocycles. The molecule has 3 aromatic rings. The number of amides is 1. The SMILES string of the molecule is O=C(OCc1ccccc1)N1CCC2=c3ccccc3=[N+](S(=O)(=O)c3ccccc3)[C@@H]21. The van der Waals surface area contributed by atoms with E-state index in [1.54, 1.807) is 36.4 Å². The highest BCUT2D eigenvalue weighted by Gasteiger charge is 2.51. The molecule has 2 aliphatic rings. The van der Waals surface area contributed by atoms with Gasteiger partial charge in [0.25, 0.3) is 6.17 Å². The van der Waals surface area contributed by atoms with Crippen LogP contribution in [-0.2, 0) is 21.4 Å². The second kappa shape index (κ2) is 7.67. The minimum Gasteiger partial charge on any atom is -0.444 e. The van der Waals surface area contributed by atoms with Gasteiger partial charge in [0, 0.05) is 18.2 Å². The average Bonchev–Trinajstić information content (AvgIpc) is 3.37. The molecule has 2 heterocycles. The molecule has 0 N–H and O–H groups in total. The minimum absolute atomic E-state index is 0.136. The van der Waals surface area contributed by atoms with Crippen LogP contribution in [0.5, 0.6) is 0 Å². The van der Waals surface area contributed by atoms with Crippen LogP contribution in [-0.4, -0.2) is 32.1 Å². The van der Waals surface area contributed by atoms with Crippen molar-refractivity contribution in [3.63, 3.8) is 0 Å². The van der Waals surface area contributed by atoms with Crippen LogP contribution in [0.25, 0.3) is 5.57 Å². The molecule has 31 heavy (non-hydrogen) atoms. The quantitative estimate of drug-likeness (QED) is 0.591. The van der Waals surface area contributed by atoms with Gasteiger partial charge in [0.1, 0.15) is 11.5 Å². The van der Waals surface area contributed by atoms with Crippen LogP contribution in [0.4, 0.5) is 4.79 Å². The van der Waals surface area contributed by atoms with E-state index in [4.69, 9.17) is 4.74 Å². The fourth-order valence-electron chi connectivity index (χ4n) is 4.25. The Kier molecular flexibility index (Phi) is 4.82. The molecule has 2 aliphatic heterocycles. The van der Waals surface area contributed by atoms with Crippen molar-refractivity contribution < 1.29 is 17.9 Å². The molecule has 1 saturated heterocycles. The molecule has 0 aromatic heterocycles. The highest BCUT2D eigenvalue weighted by atomic mass is 32.2. The van der Waals surface area contributed by atoms with Gasteiger partial charge in [0.05, 0.1) is 5.22 Å². The predicted octanol–water partition coefficient (Wildman–Crippen LogP) is 2.10. The van der Waals surface area contributed by atoms with Gasteiger partial charge in [-0.2, -0.15) is 8.42 Å². The van der Waals surface area contributed by atoms with E-state index < -0.39 is 22.3 Å². The maximum Gasteiger partial charge on any atom is 0.415 e. The molecule has 156 valence electrons. The Morgan fingerprint density at radius 3 is 2.32 bits per heavy atom. The fraction of sp³-hybridized carbons (Fsp3) is 0.167. The van der Waals surface area contributed by atoms with Gasteiger partial charge in [-0.05, 0) is 30.2 Å². The summed E-state index contributed by atoms with van der Waals surface area (Å²) >= 11 is 0. The number of carbonyl (C=O) groups is 1. The molecule has 1 amide bonds. The van der Waals surface area contributed by atoms with E-state index in [2.05, 4.69) is 0 Å². The second-order valence-electron chi connectivity index (χ2n) is 7.51. The molecule has 0 spiro atoms. The van der Waals surface area contributed by atoms with Gasteiger partial charge in [-0.25, -0.2) is 9.69 Å². The zero-order valence-corrected chi connectivity index (χ0v) is 17.5. The maximum atomic E-state index is 13.6. The first-order valence-electron chi connectivity index (χ1n) is 10.1. The number of hydrogen-bond donors (Lipinski definition) is 0. The first kappa shape index (κ1) is 19.5. The molecule has 0 bridgehead atoms. The molecule has 0 radical (unpaired) electrons. The number of likely N-dealkylation sites (tertiary alicyclic amines) is 1. The summed E-state index contributed by atoms with van der Waals surface area (Å²) in [5.41, 5.74) is 1.80. The molecular formula is C24H21N2O4S+. The summed E-state index contributed by atoms with van der Waals surface area (Å²) in [6, 6.07) is 25.1. The highest BCUT2D eigenvalue weighted by molar-refractivity contribution is 7.89. The highest BCUT2D eigenvalue weighted by Crippen LogP contribution is 2.29. The van der Waals surface area contributed by atoms with Crippen LogP contribution in [0.2, 0.25) is 0 Å².